The first-order valence-electron chi connectivity index (χ1n) is 9.40. The van der Waals surface area contributed by atoms with Crippen LogP contribution in [0.3, 0.4) is 0 Å². The highest BCUT2D eigenvalue weighted by molar-refractivity contribution is 7.89. The van der Waals surface area contributed by atoms with Gasteiger partial charge in [0.15, 0.2) is 0 Å². The zero-order chi connectivity index (χ0) is 19.5. The van der Waals surface area contributed by atoms with Crippen LogP contribution in [0.1, 0.15) is 53.0 Å². The fourth-order valence-electron chi connectivity index (χ4n) is 3.02. The lowest BCUT2D eigenvalue weighted by atomic mass is 9.87. The molecule has 1 heterocycles. The van der Waals surface area contributed by atoms with E-state index in [0.717, 1.165) is 12.0 Å². The minimum atomic E-state index is -3.50. The maximum absolute atomic E-state index is 12.9. The van der Waals surface area contributed by atoms with Gasteiger partial charge < -0.3 is 4.90 Å². The van der Waals surface area contributed by atoms with Gasteiger partial charge in [0.25, 0.3) is 0 Å². The van der Waals surface area contributed by atoms with E-state index in [1.54, 1.807) is 17.0 Å². The molecule has 0 spiro atoms. The topological polar surface area (TPSA) is 57.7 Å². The van der Waals surface area contributed by atoms with Crippen molar-refractivity contribution in [2.75, 3.05) is 26.2 Å². The van der Waals surface area contributed by atoms with E-state index in [1.165, 1.54) is 4.31 Å². The molecular formula is C20H32N2O3S. The summed E-state index contributed by atoms with van der Waals surface area (Å²) in [5.74, 6) is 0.627. The van der Waals surface area contributed by atoms with Crippen molar-refractivity contribution < 1.29 is 13.2 Å². The van der Waals surface area contributed by atoms with Crippen LogP contribution in [-0.2, 0) is 20.2 Å². The zero-order valence-corrected chi connectivity index (χ0v) is 17.5. The summed E-state index contributed by atoms with van der Waals surface area (Å²) < 4.78 is 27.2. The van der Waals surface area contributed by atoms with Gasteiger partial charge in [-0.2, -0.15) is 4.31 Å². The molecular weight excluding hydrogens is 348 g/mol. The maximum atomic E-state index is 12.9. The Hall–Kier alpha value is -1.40. The quantitative estimate of drug-likeness (QED) is 0.788. The van der Waals surface area contributed by atoms with E-state index >= 15 is 0 Å². The van der Waals surface area contributed by atoms with E-state index in [4.69, 9.17) is 0 Å². The van der Waals surface area contributed by atoms with Crippen molar-refractivity contribution in [2.24, 2.45) is 5.92 Å². The van der Waals surface area contributed by atoms with Gasteiger partial charge >= 0.3 is 0 Å². The van der Waals surface area contributed by atoms with Crippen molar-refractivity contribution in [1.82, 2.24) is 9.21 Å². The minimum absolute atomic E-state index is 0.00966. The molecule has 0 radical (unpaired) electrons. The Kier molecular flexibility index (Phi) is 6.51. The molecule has 0 aliphatic carbocycles. The van der Waals surface area contributed by atoms with Crippen LogP contribution in [0.25, 0.3) is 0 Å². The average Bonchev–Trinajstić information content (AvgIpc) is 2.59. The molecule has 1 aliphatic heterocycles. The number of hydrogen-bond donors (Lipinski definition) is 0. The van der Waals surface area contributed by atoms with E-state index in [1.807, 2.05) is 12.1 Å². The number of piperazine rings is 1. The van der Waals surface area contributed by atoms with E-state index < -0.39 is 10.0 Å². The number of carbonyl (C=O) groups excluding carboxylic acids is 1. The number of sulfonamides is 1. The second kappa shape index (κ2) is 8.09. The minimum Gasteiger partial charge on any atom is -0.340 e. The lowest BCUT2D eigenvalue weighted by molar-refractivity contribution is -0.132. The van der Waals surface area contributed by atoms with Crippen LogP contribution >= 0.6 is 0 Å². The third kappa shape index (κ3) is 5.07. The van der Waals surface area contributed by atoms with Crippen LogP contribution in [0, 0.1) is 5.92 Å². The fraction of sp³-hybridized carbons (Fsp3) is 0.650. The molecule has 146 valence electrons. The molecule has 6 heteroatoms. The number of nitrogens with zero attached hydrogens (tertiary/aromatic N) is 2. The summed E-state index contributed by atoms with van der Waals surface area (Å²) in [5, 5.41) is 0. The van der Waals surface area contributed by atoms with Gasteiger partial charge in [0.05, 0.1) is 4.90 Å². The molecule has 1 aliphatic rings. The molecule has 1 aromatic rings. The molecule has 0 aromatic heterocycles. The Morgan fingerprint density at radius 2 is 1.58 bits per heavy atom. The third-order valence-corrected chi connectivity index (χ3v) is 6.80. The van der Waals surface area contributed by atoms with Crippen LogP contribution in [0.4, 0.5) is 0 Å². The van der Waals surface area contributed by atoms with Crippen molar-refractivity contribution in [3.8, 4) is 0 Å². The smallest absolute Gasteiger partial charge is 0.243 e. The van der Waals surface area contributed by atoms with Crippen molar-refractivity contribution in [1.29, 1.82) is 0 Å². The molecule has 26 heavy (non-hydrogen) atoms. The Balaban J connectivity index is 2.00. The first-order valence-corrected chi connectivity index (χ1v) is 10.8. The number of benzene rings is 1. The van der Waals surface area contributed by atoms with Crippen LogP contribution in [0.5, 0.6) is 0 Å². The highest BCUT2D eigenvalue weighted by Gasteiger charge is 2.30. The van der Waals surface area contributed by atoms with Gasteiger partial charge in [0.1, 0.15) is 0 Å². The summed E-state index contributed by atoms with van der Waals surface area (Å²) in [6.45, 7) is 12.2. The SMILES string of the molecule is CC(C)CCC(=O)N1CCN(S(=O)(=O)c2ccc(C(C)(C)C)cc2)CC1. The lowest BCUT2D eigenvalue weighted by Crippen LogP contribution is -2.50. The fourth-order valence-corrected chi connectivity index (χ4v) is 4.45. The number of hydrogen-bond acceptors (Lipinski definition) is 3. The highest BCUT2D eigenvalue weighted by atomic mass is 32.2. The van der Waals surface area contributed by atoms with Crippen molar-refractivity contribution in [3.63, 3.8) is 0 Å². The molecule has 1 amide bonds. The van der Waals surface area contributed by atoms with Gasteiger partial charge in [-0.1, -0.05) is 46.8 Å². The van der Waals surface area contributed by atoms with E-state index in [0.29, 0.717) is 43.4 Å². The summed E-state index contributed by atoms with van der Waals surface area (Å²) in [4.78, 5) is 14.3. The van der Waals surface area contributed by atoms with Crippen LogP contribution < -0.4 is 0 Å². The Morgan fingerprint density at radius 1 is 1.04 bits per heavy atom. The summed E-state index contributed by atoms with van der Waals surface area (Å²) in [7, 11) is -3.50. The molecule has 0 saturated carbocycles. The van der Waals surface area contributed by atoms with Gasteiger partial charge in [-0.25, -0.2) is 8.42 Å². The Labute approximate surface area is 158 Å². The normalized spacial score (nSPS) is 16.9. The molecule has 1 aromatic carbocycles. The van der Waals surface area contributed by atoms with Crippen molar-refractivity contribution in [2.45, 2.75) is 57.8 Å². The monoisotopic (exact) mass is 380 g/mol. The summed E-state index contributed by atoms with van der Waals surface area (Å²) in [5.41, 5.74) is 1.10. The molecule has 5 nitrogen and oxygen atoms in total. The van der Waals surface area contributed by atoms with E-state index in [2.05, 4.69) is 34.6 Å². The second-order valence-corrected chi connectivity index (χ2v) is 10.4. The van der Waals surface area contributed by atoms with Gasteiger partial charge in [-0.3, -0.25) is 4.79 Å². The largest absolute Gasteiger partial charge is 0.340 e. The highest BCUT2D eigenvalue weighted by Crippen LogP contribution is 2.25. The number of carbonyl (C=O) groups is 1. The number of rotatable bonds is 5. The summed E-state index contributed by atoms with van der Waals surface area (Å²) >= 11 is 0. The predicted octanol–water partition coefficient (Wildman–Crippen LogP) is 3.25. The maximum Gasteiger partial charge on any atom is 0.243 e. The van der Waals surface area contributed by atoms with Gasteiger partial charge in [-0.15, -0.1) is 0 Å². The number of amides is 1. The summed E-state index contributed by atoms with van der Waals surface area (Å²) in [6, 6.07) is 7.16. The van der Waals surface area contributed by atoms with Crippen molar-refractivity contribution >= 4 is 15.9 Å². The molecule has 1 saturated heterocycles. The second-order valence-electron chi connectivity index (χ2n) is 8.49. The zero-order valence-electron chi connectivity index (χ0n) is 16.7. The average molecular weight is 381 g/mol. The van der Waals surface area contributed by atoms with Crippen molar-refractivity contribution in [3.05, 3.63) is 29.8 Å². The van der Waals surface area contributed by atoms with Crippen LogP contribution in [0.15, 0.2) is 29.2 Å². The van der Waals surface area contributed by atoms with Crippen LogP contribution in [-0.4, -0.2) is 49.7 Å². The first kappa shape index (κ1) is 20.9. The molecule has 0 atom stereocenters. The summed E-state index contributed by atoms with van der Waals surface area (Å²) in [6.07, 6.45) is 1.41. The molecule has 1 fully saturated rings. The van der Waals surface area contributed by atoms with Gasteiger partial charge in [0, 0.05) is 32.6 Å². The Morgan fingerprint density at radius 3 is 2.04 bits per heavy atom. The first-order chi connectivity index (χ1) is 12.0. The Bertz CT molecular complexity index is 710. The molecule has 0 bridgehead atoms. The lowest BCUT2D eigenvalue weighted by Gasteiger charge is -2.34. The third-order valence-electron chi connectivity index (χ3n) is 4.89. The van der Waals surface area contributed by atoms with Crippen LogP contribution in [0.2, 0.25) is 0 Å². The molecule has 2 rings (SSSR count). The molecule has 0 N–H and O–H groups in total. The van der Waals surface area contributed by atoms with Gasteiger partial charge in [0.2, 0.25) is 15.9 Å². The van der Waals surface area contributed by atoms with E-state index in [9.17, 15) is 13.2 Å². The van der Waals surface area contributed by atoms with Gasteiger partial charge in [-0.05, 0) is 35.4 Å². The standard InChI is InChI=1S/C20H32N2O3S/c1-16(2)6-11-19(23)21-12-14-22(15-13-21)26(24,25)18-9-7-17(8-10-18)20(3,4)5/h7-10,16H,6,11-15H2,1-5H3. The van der Waals surface area contributed by atoms with E-state index in [-0.39, 0.29) is 11.3 Å². The molecule has 0 unspecified atom stereocenters. The predicted molar refractivity (Wildman–Crippen MR) is 105 cm³/mol.